The Bertz CT molecular complexity index is 1390. The molecule has 8 nitrogen and oxygen atoms in total. The first-order chi connectivity index (χ1) is 15.7. The maximum Gasteiger partial charge on any atom is 0.348 e. The molecule has 1 fully saturated rings. The fourth-order valence-electron chi connectivity index (χ4n) is 3.97. The second kappa shape index (κ2) is 9.20. The minimum atomic E-state index is -3.70. The second-order valence-electron chi connectivity index (χ2n) is 7.99. The molecule has 3 aromatic rings. The number of piperidine rings is 1. The van der Waals surface area contributed by atoms with Crippen molar-refractivity contribution in [2.24, 2.45) is 0 Å². The first-order valence-electron chi connectivity index (χ1n) is 10.4. The number of rotatable bonds is 5. The van der Waals surface area contributed by atoms with Crippen LogP contribution < -0.4 is 11.0 Å². The molecule has 0 unspecified atom stereocenters. The molecule has 0 saturated carbocycles. The molecule has 4 rings (SSSR count). The predicted octanol–water partition coefficient (Wildman–Crippen LogP) is 3.39. The summed E-state index contributed by atoms with van der Waals surface area (Å²) in [6, 6.07) is 8.05. The van der Waals surface area contributed by atoms with Gasteiger partial charge in [0.2, 0.25) is 15.9 Å². The van der Waals surface area contributed by atoms with Crippen molar-refractivity contribution in [2.45, 2.75) is 43.7 Å². The molecule has 1 atom stereocenters. The average molecular weight is 493 g/mol. The Morgan fingerprint density at radius 2 is 2.03 bits per heavy atom. The van der Waals surface area contributed by atoms with Crippen LogP contribution in [0.3, 0.4) is 0 Å². The fourth-order valence-corrected chi connectivity index (χ4v) is 5.89. The van der Waals surface area contributed by atoms with E-state index in [0.717, 1.165) is 29.9 Å². The van der Waals surface area contributed by atoms with Gasteiger partial charge in [0.05, 0.1) is 15.4 Å². The molecule has 1 saturated heterocycles. The van der Waals surface area contributed by atoms with Gasteiger partial charge in [-0.05, 0) is 56.2 Å². The van der Waals surface area contributed by atoms with Gasteiger partial charge in [0.25, 0.3) is 0 Å². The standard InChI is InChI=1S/C22H22ClFN4O4S/c1-14-4-2-3-9-28(14)33(31,32)17-6-8-20-15(10-17)12-25-22(30)27(20)13-21(29)26-16-5-7-19(24)18(23)11-16/h5-8,10-12,14H,2-4,9,13H2,1H3,(H,26,29)/t14-/m0/s1. The first kappa shape index (κ1) is 23.3. The minimum Gasteiger partial charge on any atom is -0.324 e. The zero-order chi connectivity index (χ0) is 23.8. The number of halogens is 2. The Kier molecular flexibility index (Phi) is 6.51. The van der Waals surface area contributed by atoms with E-state index >= 15 is 0 Å². The number of nitrogens with one attached hydrogen (secondary N) is 1. The second-order valence-corrected chi connectivity index (χ2v) is 10.3. The van der Waals surface area contributed by atoms with Crippen molar-refractivity contribution >= 4 is 44.1 Å². The molecule has 11 heteroatoms. The highest BCUT2D eigenvalue weighted by Crippen LogP contribution is 2.27. The van der Waals surface area contributed by atoms with Gasteiger partial charge in [-0.25, -0.2) is 22.6 Å². The van der Waals surface area contributed by atoms with E-state index in [1.807, 2.05) is 6.92 Å². The van der Waals surface area contributed by atoms with E-state index in [-0.39, 0.29) is 28.2 Å². The summed E-state index contributed by atoms with van der Waals surface area (Å²) in [5.74, 6) is -1.17. The van der Waals surface area contributed by atoms with E-state index in [1.165, 1.54) is 40.8 Å². The van der Waals surface area contributed by atoms with Gasteiger partial charge in [-0.2, -0.15) is 4.31 Å². The molecular formula is C22H22ClFN4O4S. The number of benzene rings is 2. The summed E-state index contributed by atoms with van der Waals surface area (Å²) < 4.78 is 42.3. The molecule has 174 valence electrons. The monoisotopic (exact) mass is 492 g/mol. The van der Waals surface area contributed by atoms with Gasteiger partial charge in [-0.1, -0.05) is 18.0 Å². The number of anilines is 1. The quantitative estimate of drug-likeness (QED) is 0.588. The third kappa shape index (κ3) is 4.78. The van der Waals surface area contributed by atoms with Crippen LogP contribution in [0.2, 0.25) is 5.02 Å². The first-order valence-corrected chi connectivity index (χ1v) is 12.2. The van der Waals surface area contributed by atoms with E-state index in [1.54, 1.807) is 0 Å². The lowest BCUT2D eigenvalue weighted by Crippen LogP contribution is -2.41. The highest BCUT2D eigenvalue weighted by molar-refractivity contribution is 7.89. The molecule has 2 heterocycles. The van der Waals surface area contributed by atoms with Crippen LogP contribution in [0.1, 0.15) is 26.2 Å². The molecule has 2 aromatic carbocycles. The number of aromatic nitrogens is 2. The summed E-state index contributed by atoms with van der Waals surface area (Å²) in [6.07, 6.45) is 3.91. The van der Waals surface area contributed by atoms with Crippen molar-refractivity contribution < 1.29 is 17.6 Å². The largest absolute Gasteiger partial charge is 0.348 e. The van der Waals surface area contributed by atoms with Crippen LogP contribution in [-0.2, 0) is 21.4 Å². The predicted molar refractivity (Wildman–Crippen MR) is 123 cm³/mol. The van der Waals surface area contributed by atoms with Gasteiger partial charge >= 0.3 is 5.69 Å². The normalized spacial score (nSPS) is 17.2. The average Bonchev–Trinajstić information content (AvgIpc) is 2.78. The van der Waals surface area contributed by atoms with Crippen LogP contribution in [-0.4, -0.2) is 40.8 Å². The Labute approximate surface area is 195 Å². The summed E-state index contributed by atoms with van der Waals surface area (Å²) in [5.41, 5.74) is -0.0142. The lowest BCUT2D eigenvalue weighted by molar-refractivity contribution is -0.116. The van der Waals surface area contributed by atoms with Crippen molar-refractivity contribution in [2.75, 3.05) is 11.9 Å². The van der Waals surface area contributed by atoms with Crippen LogP contribution in [0.15, 0.2) is 52.3 Å². The van der Waals surface area contributed by atoms with Crippen molar-refractivity contribution in [3.05, 3.63) is 63.9 Å². The van der Waals surface area contributed by atoms with E-state index < -0.39 is 27.4 Å². The van der Waals surface area contributed by atoms with Gasteiger partial charge in [0, 0.05) is 29.9 Å². The molecule has 1 aliphatic rings. The molecule has 33 heavy (non-hydrogen) atoms. The summed E-state index contributed by atoms with van der Waals surface area (Å²) in [7, 11) is -3.70. The van der Waals surface area contributed by atoms with Gasteiger partial charge in [-0.3, -0.25) is 9.36 Å². The number of carbonyl (C=O) groups is 1. The van der Waals surface area contributed by atoms with Gasteiger partial charge in [0.1, 0.15) is 12.4 Å². The summed E-state index contributed by atoms with van der Waals surface area (Å²) in [6.45, 7) is 1.99. The third-order valence-electron chi connectivity index (χ3n) is 5.69. The SMILES string of the molecule is C[C@H]1CCCCN1S(=O)(=O)c1ccc2c(cnc(=O)n2CC(=O)Nc2ccc(F)c(Cl)c2)c1. The lowest BCUT2D eigenvalue weighted by atomic mass is 10.1. The van der Waals surface area contributed by atoms with Crippen molar-refractivity contribution in [1.29, 1.82) is 0 Å². The number of nitrogens with zero attached hydrogens (tertiary/aromatic N) is 3. The Morgan fingerprint density at radius 3 is 2.76 bits per heavy atom. The van der Waals surface area contributed by atoms with Crippen LogP contribution in [0.4, 0.5) is 10.1 Å². The molecule has 0 aliphatic carbocycles. The lowest BCUT2D eigenvalue weighted by Gasteiger charge is -2.32. The molecule has 1 N–H and O–H groups in total. The van der Waals surface area contributed by atoms with Crippen molar-refractivity contribution in [3.8, 4) is 0 Å². The topological polar surface area (TPSA) is 101 Å². The van der Waals surface area contributed by atoms with E-state index in [2.05, 4.69) is 10.3 Å². The summed E-state index contributed by atoms with van der Waals surface area (Å²) in [5, 5.41) is 2.82. The molecule has 1 aliphatic heterocycles. The Hall–Kier alpha value is -2.82. The molecule has 0 spiro atoms. The van der Waals surface area contributed by atoms with Crippen LogP contribution >= 0.6 is 11.6 Å². The summed E-state index contributed by atoms with van der Waals surface area (Å²) >= 11 is 5.73. The maximum atomic E-state index is 13.3. The molecule has 1 amide bonds. The molecular weight excluding hydrogens is 471 g/mol. The summed E-state index contributed by atoms with van der Waals surface area (Å²) in [4.78, 5) is 28.8. The number of hydrogen-bond donors (Lipinski definition) is 1. The fraction of sp³-hybridized carbons (Fsp3) is 0.318. The van der Waals surface area contributed by atoms with Crippen LogP contribution in [0, 0.1) is 5.82 Å². The molecule has 1 aromatic heterocycles. The molecule has 0 bridgehead atoms. The minimum absolute atomic E-state index is 0.0878. The number of carbonyl (C=O) groups excluding carboxylic acids is 1. The number of amides is 1. The zero-order valence-electron chi connectivity index (χ0n) is 17.8. The number of fused-ring (bicyclic) bond motifs is 1. The van der Waals surface area contributed by atoms with Crippen LogP contribution in [0.5, 0.6) is 0 Å². The molecule has 0 radical (unpaired) electrons. The van der Waals surface area contributed by atoms with E-state index in [4.69, 9.17) is 11.6 Å². The van der Waals surface area contributed by atoms with Crippen LogP contribution in [0.25, 0.3) is 10.9 Å². The number of sulfonamides is 1. The highest BCUT2D eigenvalue weighted by atomic mass is 35.5. The number of hydrogen-bond acceptors (Lipinski definition) is 5. The third-order valence-corrected chi connectivity index (χ3v) is 7.99. The van der Waals surface area contributed by atoms with Crippen molar-refractivity contribution in [3.63, 3.8) is 0 Å². The Morgan fingerprint density at radius 1 is 1.24 bits per heavy atom. The van der Waals surface area contributed by atoms with Crippen molar-refractivity contribution in [1.82, 2.24) is 13.9 Å². The maximum absolute atomic E-state index is 13.3. The smallest absolute Gasteiger partial charge is 0.324 e. The van der Waals surface area contributed by atoms with Gasteiger partial charge in [0.15, 0.2) is 0 Å². The Balaban J connectivity index is 1.63. The van der Waals surface area contributed by atoms with Gasteiger partial charge in [-0.15, -0.1) is 0 Å². The highest BCUT2D eigenvalue weighted by Gasteiger charge is 2.31. The van der Waals surface area contributed by atoms with E-state index in [0.29, 0.717) is 17.4 Å². The van der Waals surface area contributed by atoms with E-state index in [9.17, 15) is 22.4 Å². The zero-order valence-corrected chi connectivity index (χ0v) is 19.4. The van der Waals surface area contributed by atoms with Gasteiger partial charge < -0.3 is 5.32 Å².